The van der Waals surface area contributed by atoms with Crippen LogP contribution in [-0.4, -0.2) is 24.6 Å². The van der Waals surface area contributed by atoms with E-state index in [1.165, 1.54) is 0 Å². The molecule has 5 heteroatoms. The molecule has 1 aromatic rings. The SMILES string of the molecule is Cc1cccc(C)c1NC(=O)NC1C(=O)OCC1(C)C. The fraction of sp³-hybridized carbons (Fsp3) is 0.467. The Hall–Kier alpha value is -2.04. The Balaban J connectivity index is 2.08. The van der Waals surface area contributed by atoms with E-state index >= 15 is 0 Å². The van der Waals surface area contributed by atoms with Crippen molar-refractivity contribution in [3.05, 3.63) is 29.3 Å². The molecule has 1 aromatic carbocycles. The summed E-state index contributed by atoms with van der Waals surface area (Å²) in [4.78, 5) is 23.7. The standard InChI is InChI=1S/C15H20N2O3/c1-9-6-5-7-10(2)11(9)16-14(19)17-12-13(18)20-8-15(12,3)4/h5-7,12H,8H2,1-4H3,(H2,16,17,19). The zero-order valence-corrected chi connectivity index (χ0v) is 12.2. The van der Waals surface area contributed by atoms with Crippen LogP contribution in [0.5, 0.6) is 0 Å². The third-order valence-electron chi connectivity index (χ3n) is 3.60. The van der Waals surface area contributed by atoms with Gasteiger partial charge in [0.15, 0.2) is 0 Å². The minimum absolute atomic E-state index is 0.320. The summed E-state index contributed by atoms with van der Waals surface area (Å²) >= 11 is 0. The number of carbonyl (C=O) groups is 2. The second kappa shape index (κ2) is 5.15. The molecule has 2 amide bonds. The minimum atomic E-state index is -0.619. The molecule has 1 fully saturated rings. The van der Waals surface area contributed by atoms with Crippen LogP contribution in [0, 0.1) is 19.3 Å². The number of aryl methyl sites for hydroxylation is 2. The maximum Gasteiger partial charge on any atom is 0.329 e. The van der Waals surface area contributed by atoms with Gasteiger partial charge in [0, 0.05) is 11.1 Å². The molecule has 1 heterocycles. The van der Waals surface area contributed by atoms with Gasteiger partial charge in [-0.25, -0.2) is 9.59 Å². The number of cyclic esters (lactones) is 1. The van der Waals surface area contributed by atoms with Crippen LogP contribution in [0.15, 0.2) is 18.2 Å². The Kier molecular flexibility index (Phi) is 3.70. The predicted molar refractivity (Wildman–Crippen MR) is 76.6 cm³/mol. The largest absolute Gasteiger partial charge is 0.463 e. The van der Waals surface area contributed by atoms with Gasteiger partial charge in [-0.3, -0.25) is 0 Å². The summed E-state index contributed by atoms with van der Waals surface area (Å²) in [5.74, 6) is -0.383. The van der Waals surface area contributed by atoms with Crippen LogP contribution in [0.2, 0.25) is 0 Å². The summed E-state index contributed by atoms with van der Waals surface area (Å²) in [6.45, 7) is 7.96. The summed E-state index contributed by atoms with van der Waals surface area (Å²) in [5, 5.41) is 5.50. The number of nitrogens with one attached hydrogen (secondary N) is 2. The van der Waals surface area contributed by atoms with Crippen LogP contribution >= 0.6 is 0 Å². The minimum Gasteiger partial charge on any atom is -0.463 e. The maximum absolute atomic E-state index is 12.1. The number of esters is 1. The van der Waals surface area contributed by atoms with Crippen LogP contribution in [0.4, 0.5) is 10.5 Å². The van der Waals surface area contributed by atoms with Gasteiger partial charge in [-0.2, -0.15) is 0 Å². The predicted octanol–water partition coefficient (Wildman–Crippen LogP) is 2.38. The highest BCUT2D eigenvalue weighted by molar-refractivity contribution is 5.94. The molecule has 0 saturated carbocycles. The highest BCUT2D eigenvalue weighted by Gasteiger charge is 2.44. The zero-order chi connectivity index (χ0) is 14.9. The van der Waals surface area contributed by atoms with Crippen LogP contribution in [0.25, 0.3) is 0 Å². The van der Waals surface area contributed by atoms with Crippen LogP contribution in [0.1, 0.15) is 25.0 Å². The molecular formula is C15H20N2O3. The van der Waals surface area contributed by atoms with Crippen molar-refractivity contribution in [1.82, 2.24) is 5.32 Å². The number of para-hydroxylation sites is 1. The molecule has 2 N–H and O–H groups in total. The van der Waals surface area contributed by atoms with Crippen molar-refractivity contribution in [3.63, 3.8) is 0 Å². The Bertz CT molecular complexity index is 532. The van der Waals surface area contributed by atoms with E-state index in [9.17, 15) is 9.59 Å². The summed E-state index contributed by atoms with van der Waals surface area (Å²) in [6.07, 6.45) is 0. The third-order valence-corrected chi connectivity index (χ3v) is 3.60. The number of hydrogen-bond donors (Lipinski definition) is 2. The molecule has 0 aromatic heterocycles. The number of hydrogen-bond acceptors (Lipinski definition) is 3. The van der Waals surface area contributed by atoms with Crippen molar-refractivity contribution < 1.29 is 14.3 Å². The van der Waals surface area contributed by atoms with Gasteiger partial charge in [0.1, 0.15) is 6.04 Å². The number of carbonyl (C=O) groups excluding carboxylic acids is 2. The van der Waals surface area contributed by atoms with Gasteiger partial charge in [0.25, 0.3) is 0 Å². The number of amides is 2. The van der Waals surface area contributed by atoms with E-state index in [0.717, 1.165) is 16.8 Å². The smallest absolute Gasteiger partial charge is 0.329 e. The van der Waals surface area contributed by atoms with E-state index in [4.69, 9.17) is 4.74 Å². The molecule has 1 saturated heterocycles. The molecule has 1 atom stereocenters. The quantitative estimate of drug-likeness (QED) is 0.815. The van der Waals surface area contributed by atoms with Crippen molar-refractivity contribution in [1.29, 1.82) is 0 Å². The molecule has 1 aliphatic heterocycles. The first-order chi connectivity index (χ1) is 9.31. The van der Waals surface area contributed by atoms with E-state index in [2.05, 4.69) is 10.6 Å². The summed E-state index contributed by atoms with van der Waals surface area (Å²) in [5.41, 5.74) is 2.34. The van der Waals surface area contributed by atoms with Crippen LogP contribution in [0.3, 0.4) is 0 Å². The topological polar surface area (TPSA) is 67.4 Å². The second-order valence-electron chi connectivity index (χ2n) is 5.89. The lowest BCUT2D eigenvalue weighted by molar-refractivity contribution is -0.139. The molecule has 5 nitrogen and oxygen atoms in total. The fourth-order valence-electron chi connectivity index (χ4n) is 2.29. The Morgan fingerprint density at radius 3 is 2.40 bits per heavy atom. The average Bonchev–Trinajstić information content (AvgIpc) is 2.61. The highest BCUT2D eigenvalue weighted by Crippen LogP contribution is 2.28. The van der Waals surface area contributed by atoms with E-state index in [1.54, 1.807) is 0 Å². The number of urea groups is 1. The van der Waals surface area contributed by atoms with Gasteiger partial charge in [0.05, 0.1) is 6.61 Å². The molecule has 0 radical (unpaired) electrons. The van der Waals surface area contributed by atoms with Crippen LogP contribution < -0.4 is 10.6 Å². The number of anilines is 1. The number of benzene rings is 1. The molecule has 0 bridgehead atoms. The van der Waals surface area contributed by atoms with Crippen molar-refractivity contribution in [2.75, 3.05) is 11.9 Å². The molecule has 1 aliphatic rings. The average molecular weight is 276 g/mol. The molecule has 2 rings (SSSR count). The van der Waals surface area contributed by atoms with Gasteiger partial charge < -0.3 is 15.4 Å². The summed E-state index contributed by atoms with van der Waals surface area (Å²) in [7, 11) is 0. The molecule has 108 valence electrons. The van der Waals surface area contributed by atoms with Gasteiger partial charge in [-0.1, -0.05) is 32.0 Å². The van der Waals surface area contributed by atoms with Crippen molar-refractivity contribution in [2.45, 2.75) is 33.7 Å². The van der Waals surface area contributed by atoms with Gasteiger partial charge in [-0.15, -0.1) is 0 Å². The Labute approximate surface area is 118 Å². The van der Waals surface area contributed by atoms with E-state index in [-0.39, 0.29) is 12.0 Å². The lowest BCUT2D eigenvalue weighted by Gasteiger charge is -2.23. The lowest BCUT2D eigenvalue weighted by atomic mass is 9.88. The Morgan fingerprint density at radius 2 is 1.90 bits per heavy atom. The second-order valence-corrected chi connectivity index (χ2v) is 5.89. The van der Waals surface area contributed by atoms with Gasteiger partial charge in [-0.05, 0) is 25.0 Å². The summed E-state index contributed by atoms with van der Waals surface area (Å²) in [6, 6.07) is 4.78. The first-order valence-electron chi connectivity index (χ1n) is 6.61. The molecule has 1 unspecified atom stereocenters. The van der Waals surface area contributed by atoms with Crippen LogP contribution in [-0.2, 0) is 9.53 Å². The van der Waals surface area contributed by atoms with Gasteiger partial charge >= 0.3 is 12.0 Å². The van der Waals surface area contributed by atoms with Gasteiger partial charge in [0.2, 0.25) is 0 Å². The van der Waals surface area contributed by atoms with E-state index in [1.807, 2.05) is 45.9 Å². The molecular weight excluding hydrogens is 256 g/mol. The monoisotopic (exact) mass is 276 g/mol. The van der Waals surface area contributed by atoms with Crippen molar-refractivity contribution in [3.8, 4) is 0 Å². The van der Waals surface area contributed by atoms with Crippen molar-refractivity contribution in [2.24, 2.45) is 5.41 Å². The first kappa shape index (κ1) is 14.4. The molecule has 0 aliphatic carbocycles. The number of rotatable bonds is 2. The third kappa shape index (κ3) is 2.76. The molecule has 0 spiro atoms. The molecule has 20 heavy (non-hydrogen) atoms. The Morgan fingerprint density at radius 1 is 1.30 bits per heavy atom. The first-order valence-corrected chi connectivity index (χ1v) is 6.61. The number of ether oxygens (including phenoxy) is 1. The van der Waals surface area contributed by atoms with E-state index < -0.39 is 11.5 Å². The zero-order valence-electron chi connectivity index (χ0n) is 12.2. The highest BCUT2D eigenvalue weighted by atomic mass is 16.5. The van der Waals surface area contributed by atoms with Crippen molar-refractivity contribution >= 4 is 17.7 Å². The summed E-state index contributed by atoms with van der Waals surface area (Å²) < 4.78 is 5.00. The maximum atomic E-state index is 12.1. The fourth-order valence-corrected chi connectivity index (χ4v) is 2.29. The normalized spacial score (nSPS) is 20.4. The lowest BCUT2D eigenvalue weighted by Crippen LogP contribution is -2.48. The van der Waals surface area contributed by atoms with E-state index in [0.29, 0.717) is 6.61 Å².